The smallest absolute Gasteiger partial charge is 0.123 e. The minimum atomic E-state index is -0.161. The van der Waals surface area contributed by atoms with E-state index in [0.717, 1.165) is 32.1 Å². The SMILES string of the molecule is CN(Cc1ccc(F)cc1)CC1CCNC1. The van der Waals surface area contributed by atoms with Crippen LogP contribution in [0.3, 0.4) is 0 Å². The summed E-state index contributed by atoms with van der Waals surface area (Å²) in [6, 6.07) is 6.78. The molecule has 1 aromatic carbocycles. The Balaban J connectivity index is 1.81. The maximum Gasteiger partial charge on any atom is 0.123 e. The molecule has 88 valence electrons. The second-order valence-corrected chi connectivity index (χ2v) is 4.68. The van der Waals surface area contributed by atoms with E-state index in [2.05, 4.69) is 17.3 Å². The molecule has 1 heterocycles. The first-order chi connectivity index (χ1) is 7.74. The number of nitrogens with zero attached hydrogens (tertiary/aromatic N) is 1. The van der Waals surface area contributed by atoms with Gasteiger partial charge in [-0.3, -0.25) is 0 Å². The first kappa shape index (κ1) is 11.6. The van der Waals surface area contributed by atoms with Crippen molar-refractivity contribution in [2.75, 3.05) is 26.7 Å². The van der Waals surface area contributed by atoms with E-state index in [-0.39, 0.29) is 5.82 Å². The van der Waals surface area contributed by atoms with E-state index in [0.29, 0.717) is 0 Å². The summed E-state index contributed by atoms with van der Waals surface area (Å²) in [4.78, 5) is 2.31. The van der Waals surface area contributed by atoms with Crippen molar-refractivity contribution in [2.45, 2.75) is 13.0 Å². The summed E-state index contributed by atoms with van der Waals surface area (Å²) in [5.74, 6) is 0.608. The van der Waals surface area contributed by atoms with Crippen LogP contribution in [0.4, 0.5) is 4.39 Å². The van der Waals surface area contributed by atoms with Crippen molar-refractivity contribution >= 4 is 0 Å². The van der Waals surface area contributed by atoms with Gasteiger partial charge in [-0.1, -0.05) is 12.1 Å². The summed E-state index contributed by atoms with van der Waals surface area (Å²) in [5, 5.41) is 3.37. The van der Waals surface area contributed by atoms with E-state index in [1.54, 1.807) is 0 Å². The molecule has 0 spiro atoms. The Morgan fingerprint density at radius 2 is 2.12 bits per heavy atom. The molecule has 1 aliphatic rings. The van der Waals surface area contributed by atoms with Crippen LogP contribution in [-0.4, -0.2) is 31.6 Å². The van der Waals surface area contributed by atoms with Gasteiger partial charge < -0.3 is 10.2 Å². The van der Waals surface area contributed by atoms with Crippen LogP contribution in [0.2, 0.25) is 0 Å². The van der Waals surface area contributed by atoms with E-state index in [4.69, 9.17) is 0 Å². The molecule has 1 atom stereocenters. The highest BCUT2D eigenvalue weighted by Crippen LogP contribution is 2.11. The van der Waals surface area contributed by atoms with Crippen LogP contribution in [0.1, 0.15) is 12.0 Å². The summed E-state index contributed by atoms with van der Waals surface area (Å²) in [7, 11) is 2.13. The van der Waals surface area contributed by atoms with E-state index < -0.39 is 0 Å². The van der Waals surface area contributed by atoms with Crippen molar-refractivity contribution in [2.24, 2.45) is 5.92 Å². The average Bonchev–Trinajstić information content (AvgIpc) is 2.74. The van der Waals surface area contributed by atoms with Crippen LogP contribution in [0, 0.1) is 11.7 Å². The number of halogens is 1. The Hall–Kier alpha value is -0.930. The molecule has 1 aromatic rings. The Bertz CT molecular complexity index is 317. The fraction of sp³-hybridized carbons (Fsp3) is 0.538. The van der Waals surface area contributed by atoms with Gasteiger partial charge in [-0.05, 0) is 50.2 Å². The van der Waals surface area contributed by atoms with Gasteiger partial charge in [-0.25, -0.2) is 4.39 Å². The maximum atomic E-state index is 12.7. The summed E-state index contributed by atoms with van der Waals surface area (Å²) < 4.78 is 12.7. The third-order valence-corrected chi connectivity index (χ3v) is 3.10. The molecule has 1 saturated heterocycles. The van der Waals surface area contributed by atoms with Gasteiger partial charge in [-0.2, -0.15) is 0 Å². The van der Waals surface area contributed by atoms with Gasteiger partial charge in [0.2, 0.25) is 0 Å². The van der Waals surface area contributed by atoms with Crippen LogP contribution in [-0.2, 0) is 6.54 Å². The molecule has 1 N–H and O–H groups in total. The van der Waals surface area contributed by atoms with E-state index >= 15 is 0 Å². The molecule has 0 bridgehead atoms. The molecule has 1 unspecified atom stereocenters. The second kappa shape index (κ2) is 5.41. The maximum absolute atomic E-state index is 12.7. The first-order valence-electron chi connectivity index (χ1n) is 5.88. The number of hydrogen-bond acceptors (Lipinski definition) is 2. The van der Waals surface area contributed by atoms with Gasteiger partial charge in [0.25, 0.3) is 0 Å². The largest absolute Gasteiger partial charge is 0.316 e. The monoisotopic (exact) mass is 222 g/mol. The summed E-state index contributed by atoms with van der Waals surface area (Å²) >= 11 is 0. The van der Waals surface area contributed by atoms with Crippen LogP contribution in [0.5, 0.6) is 0 Å². The quantitative estimate of drug-likeness (QED) is 0.836. The lowest BCUT2D eigenvalue weighted by atomic mass is 10.1. The molecule has 0 aromatic heterocycles. The summed E-state index contributed by atoms with van der Waals surface area (Å²) in [6.07, 6.45) is 1.27. The molecule has 2 nitrogen and oxygen atoms in total. The molecule has 2 rings (SSSR count). The van der Waals surface area contributed by atoms with Gasteiger partial charge in [0.05, 0.1) is 0 Å². The number of benzene rings is 1. The van der Waals surface area contributed by atoms with E-state index in [9.17, 15) is 4.39 Å². The zero-order chi connectivity index (χ0) is 11.4. The van der Waals surface area contributed by atoms with Crippen molar-refractivity contribution in [3.05, 3.63) is 35.6 Å². The molecule has 0 amide bonds. The first-order valence-corrected chi connectivity index (χ1v) is 5.88. The third kappa shape index (κ3) is 3.29. The number of hydrogen-bond donors (Lipinski definition) is 1. The highest BCUT2D eigenvalue weighted by atomic mass is 19.1. The Morgan fingerprint density at radius 3 is 2.75 bits per heavy atom. The average molecular weight is 222 g/mol. The van der Waals surface area contributed by atoms with Crippen LogP contribution in [0.15, 0.2) is 24.3 Å². The highest BCUT2D eigenvalue weighted by Gasteiger charge is 2.16. The minimum absolute atomic E-state index is 0.161. The van der Waals surface area contributed by atoms with Crippen molar-refractivity contribution in [1.29, 1.82) is 0 Å². The Kier molecular flexibility index (Phi) is 3.91. The fourth-order valence-corrected chi connectivity index (χ4v) is 2.28. The zero-order valence-electron chi connectivity index (χ0n) is 9.75. The van der Waals surface area contributed by atoms with Gasteiger partial charge in [-0.15, -0.1) is 0 Å². The zero-order valence-corrected chi connectivity index (χ0v) is 9.75. The summed E-state index contributed by atoms with van der Waals surface area (Å²) in [5.41, 5.74) is 1.18. The molecule has 1 fully saturated rings. The van der Waals surface area contributed by atoms with Crippen molar-refractivity contribution < 1.29 is 4.39 Å². The lowest BCUT2D eigenvalue weighted by Crippen LogP contribution is -2.26. The normalized spacial score (nSPS) is 20.6. The predicted octanol–water partition coefficient (Wildman–Crippen LogP) is 1.87. The van der Waals surface area contributed by atoms with Crippen LogP contribution < -0.4 is 5.32 Å². The molecule has 16 heavy (non-hydrogen) atoms. The molecular formula is C13H19FN2. The molecule has 0 aliphatic carbocycles. The van der Waals surface area contributed by atoms with E-state index in [1.807, 2.05) is 12.1 Å². The highest BCUT2D eigenvalue weighted by molar-refractivity contribution is 5.15. The third-order valence-electron chi connectivity index (χ3n) is 3.10. The lowest BCUT2D eigenvalue weighted by Gasteiger charge is -2.20. The van der Waals surface area contributed by atoms with Gasteiger partial charge in [0.1, 0.15) is 5.82 Å². The number of nitrogens with one attached hydrogen (secondary N) is 1. The second-order valence-electron chi connectivity index (χ2n) is 4.68. The molecular weight excluding hydrogens is 203 g/mol. The molecule has 0 radical (unpaired) electrons. The topological polar surface area (TPSA) is 15.3 Å². The minimum Gasteiger partial charge on any atom is -0.316 e. The van der Waals surface area contributed by atoms with Crippen molar-refractivity contribution in [3.63, 3.8) is 0 Å². The molecule has 1 aliphatic heterocycles. The van der Waals surface area contributed by atoms with E-state index in [1.165, 1.54) is 24.1 Å². The van der Waals surface area contributed by atoms with Gasteiger partial charge >= 0.3 is 0 Å². The van der Waals surface area contributed by atoms with Gasteiger partial charge in [0, 0.05) is 13.1 Å². The molecule has 0 saturated carbocycles. The fourth-order valence-electron chi connectivity index (χ4n) is 2.28. The lowest BCUT2D eigenvalue weighted by molar-refractivity contribution is 0.278. The van der Waals surface area contributed by atoms with Crippen molar-refractivity contribution in [3.8, 4) is 0 Å². The molecule has 3 heteroatoms. The van der Waals surface area contributed by atoms with Crippen molar-refractivity contribution in [1.82, 2.24) is 10.2 Å². The summed E-state index contributed by atoms with van der Waals surface area (Å²) in [6.45, 7) is 4.30. The number of rotatable bonds is 4. The van der Waals surface area contributed by atoms with Crippen LogP contribution in [0.25, 0.3) is 0 Å². The predicted molar refractivity (Wildman–Crippen MR) is 63.7 cm³/mol. The van der Waals surface area contributed by atoms with Gasteiger partial charge in [0.15, 0.2) is 0 Å². The standard InChI is InChI=1S/C13H19FN2/c1-16(10-12-6-7-15-8-12)9-11-2-4-13(14)5-3-11/h2-5,12,15H,6-10H2,1H3. The Morgan fingerprint density at radius 1 is 1.38 bits per heavy atom. The van der Waals surface area contributed by atoms with Crippen LogP contribution >= 0.6 is 0 Å². The Labute approximate surface area is 96.5 Å².